The van der Waals surface area contributed by atoms with Gasteiger partial charge >= 0.3 is 0 Å². The molecule has 0 saturated carbocycles. The van der Waals surface area contributed by atoms with E-state index in [-0.39, 0.29) is 12.7 Å². The molecule has 0 aromatic rings. The van der Waals surface area contributed by atoms with Crippen molar-refractivity contribution in [3.63, 3.8) is 0 Å². The maximum Gasteiger partial charge on any atom is 0.200 e. The van der Waals surface area contributed by atoms with Crippen LogP contribution in [0.4, 0.5) is 0 Å². The van der Waals surface area contributed by atoms with E-state index in [1.807, 2.05) is 6.92 Å². The fourth-order valence-electron chi connectivity index (χ4n) is 2.79. The Kier molecular flexibility index (Phi) is 6.07. The Balaban J connectivity index is 4.96. The van der Waals surface area contributed by atoms with Crippen molar-refractivity contribution in [2.75, 3.05) is 6.61 Å². The van der Waals surface area contributed by atoms with Gasteiger partial charge in [0.15, 0.2) is 0 Å². The second-order valence-corrected chi connectivity index (χ2v) is 10.8. The minimum atomic E-state index is -1.77. The average Bonchev–Trinajstić information content (AvgIpc) is 2.11. The van der Waals surface area contributed by atoms with Crippen LogP contribution in [0.3, 0.4) is 0 Å². The van der Waals surface area contributed by atoms with Gasteiger partial charge in [-0.2, -0.15) is 0 Å². The zero-order chi connectivity index (χ0) is 12.2. The molecule has 0 fully saturated rings. The van der Waals surface area contributed by atoms with Crippen molar-refractivity contribution >= 4 is 8.32 Å². The van der Waals surface area contributed by atoms with Crippen LogP contribution in [0.2, 0.25) is 16.6 Å². The molecule has 0 rings (SSSR count). The molecule has 0 heterocycles. The Morgan fingerprint density at radius 1 is 0.867 bits per heavy atom. The fourth-order valence-corrected chi connectivity index (χ4v) is 8.38. The molecule has 0 radical (unpaired) electrons. The first-order valence-corrected chi connectivity index (χ1v) is 8.21. The predicted molar refractivity (Wildman–Crippen MR) is 68.7 cm³/mol. The monoisotopic (exact) mass is 232 g/mol. The highest BCUT2D eigenvalue weighted by Crippen LogP contribution is 2.42. The molecule has 92 valence electrons. The van der Waals surface area contributed by atoms with Crippen molar-refractivity contribution < 1.29 is 9.53 Å². The van der Waals surface area contributed by atoms with Crippen LogP contribution in [-0.4, -0.2) is 26.1 Å². The summed E-state index contributed by atoms with van der Waals surface area (Å²) < 4.78 is 6.26. The molecule has 15 heavy (non-hydrogen) atoms. The molecule has 3 heteroatoms. The molecule has 2 nitrogen and oxygen atoms in total. The van der Waals surface area contributed by atoms with Crippen LogP contribution in [0.15, 0.2) is 0 Å². The quantitative estimate of drug-likeness (QED) is 0.710. The molecule has 0 aliphatic heterocycles. The van der Waals surface area contributed by atoms with Crippen LogP contribution < -0.4 is 0 Å². The van der Waals surface area contributed by atoms with Gasteiger partial charge in [-0.1, -0.05) is 41.5 Å². The molecule has 0 aromatic heterocycles. The van der Waals surface area contributed by atoms with Crippen LogP contribution in [0.5, 0.6) is 0 Å². The Morgan fingerprint density at radius 3 is 1.40 bits per heavy atom. The van der Waals surface area contributed by atoms with E-state index < -0.39 is 8.32 Å². The number of hydrogen-bond donors (Lipinski definition) is 1. The lowest BCUT2D eigenvalue weighted by atomic mass is 10.5. The van der Waals surface area contributed by atoms with Gasteiger partial charge in [0.05, 0.1) is 12.7 Å². The van der Waals surface area contributed by atoms with Gasteiger partial charge in [0, 0.05) is 0 Å². The molecule has 0 spiro atoms. The molecule has 0 amide bonds. The zero-order valence-electron chi connectivity index (χ0n) is 11.4. The molecule has 0 aliphatic carbocycles. The maximum absolute atomic E-state index is 9.14. The van der Waals surface area contributed by atoms with Gasteiger partial charge in [-0.05, 0) is 23.5 Å². The zero-order valence-corrected chi connectivity index (χ0v) is 12.4. The van der Waals surface area contributed by atoms with Gasteiger partial charge in [-0.15, -0.1) is 0 Å². The summed E-state index contributed by atoms with van der Waals surface area (Å²) in [5.74, 6) is 0. The normalized spacial score (nSPS) is 15.4. The summed E-state index contributed by atoms with van der Waals surface area (Å²) in [6.07, 6.45) is -0.0242. The largest absolute Gasteiger partial charge is 0.411 e. The molecule has 0 aromatic carbocycles. The highest BCUT2D eigenvalue weighted by atomic mass is 28.4. The molecule has 0 unspecified atom stereocenters. The molecule has 0 saturated heterocycles. The fraction of sp³-hybridized carbons (Fsp3) is 1.00. The van der Waals surface area contributed by atoms with E-state index in [1.165, 1.54) is 0 Å². The first-order chi connectivity index (χ1) is 6.78. The first-order valence-electron chi connectivity index (χ1n) is 6.07. The van der Waals surface area contributed by atoms with E-state index in [0.29, 0.717) is 16.6 Å². The summed E-state index contributed by atoms with van der Waals surface area (Å²) in [5, 5.41) is 9.14. The lowest BCUT2D eigenvalue weighted by molar-refractivity contribution is 0.112. The molecule has 1 N–H and O–H groups in total. The van der Waals surface area contributed by atoms with Gasteiger partial charge in [-0.25, -0.2) is 0 Å². The van der Waals surface area contributed by atoms with Crippen molar-refractivity contribution in [3.8, 4) is 0 Å². The number of aliphatic hydroxyl groups excluding tert-OH is 1. The van der Waals surface area contributed by atoms with Gasteiger partial charge < -0.3 is 9.53 Å². The Morgan fingerprint density at radius 2 is 1.20 bits per heavy atom. The van der Waals surface area contributed by atoms with Crippen molar-refractivity contribution in [2.45, 2.75) is 71.2 Å². The predicted octanol–water partition coefficient (Wildman–Crippen LogP) is 3.56. The third-order valence-corrected chi connectivity index (χ3v) is 9.59. The molecule has 1 atom stereocenters. The summed E-state index contributed by atoms with van der Waals surface area (Å²) in [6.45, 7) is 15.7. The molecular formula is C12H28O2Si. The number of hydrogen-bond acceptors (Lipinski definition) is 2. The Hall–Kier alpha value is 0.137. The van der Waals surface area contributed by atoms with Crippen molar-refractivity contribution in [3.05, 3.63) is 0 Å². The van der Waals surface area contributed by atoms with E-state index in [2.05, 4.69) is 41.5 Å². The van der Waals surface area contributed by atoms with E-state index >= 15 is 0 Å². The number of rotatable bonds is 6. The van der Waals surface area contributed by atoms with Crippen LogP contribution in [0.1, 0.15) is 48.5 Å². The lowest BCUT2D eigenvalue weighted by Crippen LogP contribution is -2.50. The standard InChI is InChI=1S/C12H28O2Si/c1-9(2)15(10(3)4,11(5)6)14-12(7)8-13/h9-13H,8H2,1-7H3/t12-/m1/s1. The summed E-state index contributed by atoms with van der Waals surface area (Å²) in [5.41, 5.74) is 1.77. The van der Waals surface area contributed by atoms with Gasteiger partial charge in [-0.3, -0.25) is 0 Å². The third-order valence-electron chi connectivity index (χ3n) is 3.37. The summed E-state index contributed by atoms with van der Waals surface area (Å²) in [4.78, 5) is 0. The second kappa shape index (κ2) is 6.02. The van der Waals surface area contributed by atoms with Gasteiger partial charge in [0.2, 0.25) is 8.32 Å². The minimum absolute atomic E-state index is 0.0242. The van der Waals surface area contributed by atoms with Crippen LogP contribution >= 0.6 is 0 Å². The van der Waals surface area contributed by atoms with Crippen LogP contribution in [0.25, 0.3) is 0 Å². The molecular weight excluding hydrogens is 204 g/mol. The van der Waals surface area contributed by atoms with E-state index in [1.54, 1.807) is 0 Å². The summed E-state index contributed by atoms with van der Waals surface area (Å²) in [6, 6.07) is 0. The maximum atomic E-state index is 9.14. The van der Waals surface area contributed by atoms with Crippen molar-refractivity contribution in [2.24, 2.45) is 0 Å². The third kappa shape index (κ3) is 3.30. The first kappa shape index (κ1) is 15.1. The average molecular weight is 232 g/mol. The second-order valence-electron chi connectivity index (χ2n) is 5.43. The Bertz CT molecular complexity index is 157. The van der Waals surface area contributed by atoms with Gasteiger partial charge in [0.1, 0.15) is 0 Å². The Labute approximate surface area is 96.2 Å². The highest BCUT2D eigenvalue weighted by Gasteiger charge is 2.45. The van der Waals surface area contributed by atoms with Crippen LogP contribution in [-0.2, 0) is 4.43 Å². The summed E-state index contributed by atoms with van der Waals surface area (Å²) in [7, 11) is -1.77. The highest BCUT2D eigenvalue weighted by molar-refractivity contribution is 6.77. The number of aliphatic hydroxyl groups is 1. The topological polar surface area (TPSA) is 29.5 Å². The van der Waals surface area contributed by atoms with Gasteiger partial charge in [0.25, 0.3) is 0 Å². The molecule has 0 bridgehead atoms. The van der Waals surface area contributed by atoms with Crippen molar-refractivity contribution in [1.82, 2.24) is 0 Å². The van der Waals surface area contributed by atoms with E-state index in [4.69, 9.17) is 9.53 Å². The SMILES string of the molecule is CC(C)[Si](O[C@H](C)CO)(C(C)C)C(C)C. The van der Waals surface area contributed by atoms with E-state index in [9.17, 15) is 0 Å². The summed E-state index contributed by atoms with van der Waals surface area (Å²) >= 11 is 0. The lowest BCUT2D eigenvalue weighted by Gasteiger charge is -2.43. The van der Waals surface area contributed by atoms with E-state index in [0.717, 1.165) is 0 Å². The smallest absolute Gasteiger partial charge is 0.200 e. The minimum Gasteiger partial charge on any atom is -0.411 e. The van der Waals surface area contributed by atoms with Crippen molar-refractivity contribution in [1.29, 1.82) is 0 Å². The van der Waals surface area contributed by atoms with Crippen LogP contribution in [0, 0.1) is 0 Å². The molecule has 0 aliphatic rings.